The molecule has 0 bridgehead atoms. The number of carbonyl (C=O) groups excluding carboxylic acids is 1. The van der Waals surface area contributed by atoms with E-state index in [1.54, 1.807) is 6.07 Å². The average molecular weight is 430 g/mol. The zero-order valence-electron chi connectivity index (χ0n) is 18.4. The van der Waals surface area contributed by atoms with Gasteiger partial charge in [-0.2, -0.15) is 0 Å². The van der Waals surface area contributed by atoms with Gasteiger partial charge >= 0.3 is 0 Å². The Labute approximate surface area is 183 Å². The van der Waals surface area contributed by atoms with Crippen LogP contribution in [0.5, 0.6) is 0 Å². The summed E-state index contributed by atoms with van der Waals surface area (Å²) in [5, 5.41) is 3.44. The molecule has 1 saturated carbocycles. The van der Waals surface area contributed by atoms with E-state index in [-0.39, 0.29) is 18.0 Å². The van der Waals surface area contributed by atoms with Gasteiger partial charge in [-0.05, 0) is 68.9 Å². The highest BCUT2D eigenvalue weighted by molar-refractivity contribution is 6.31. The van der Waals surface area contributed by atoms with E-state index in [0.29, 0.717) is 22.1 Å². The van der Waals surface area contributed by atoms with Crippen LogP contribution in [0.1, 0.15) is 64.8 Å². The van der Waals surface area contributed by atoms with Gasteiger partial charge in [0, 0.05) is 47.7 Å². The van der Waals surface area contributed by atoms with E-state index in [2.05, 4.69) is 22.2 Å². The molecule has 2 aromatic rings. The lowest BCUT2D eigenvalue weighted by Crippen LogP contribution is -2.30. The fraction of sp³-hybridized carbons (Fsp3) is 0.500. The molecule has 162 valence electrons. The number of rotatable bonds is 6. The van der Waals surface area contributed by atoms with Crippen molar-refractivity contribution in [2.75, 3.05) is 18.5 Å². The maximum absolute atomic E-state index is 12.9. The molecule has 5 nitrogen and oxygen atoms in total. The number of carbonyl (C=O) groups is 1. The number of hydrogen-bond donors (Lipinski definition) is 2. The number of anilines is 1. The fourth-order valence-corrected chi connectivity index (χ4v) is 4.73. The Bertz CT molecular complexity index is 977. The van der Waals surface area contributed by atoms with Crippen LogP contribution in [0.4, 0.5) is 5.69 Å². The molecule has 0 radical (unpaired) electrons. The van der Waals surface area contributed by atoms with Crippen LogP contribution in [-0.2, 0) is 6.54 Å². The molecule has 0 spiro atoms. The lowest BCUT2D eigenvalue weighted by atomic mass is 9.89. The molecule has 1 aliphatic carbocycles. The third-order valence-corrected chi connectivity index (χ3v) is 6.40. The van der Waals surface area contributed by atoms with Crippen LogP contribution in [0.25, 0.3) is 0 Å². The Kier molecular flexibility index (Phi) is 7.24. The van der Waals surface area contributed by atoms with Crippen LogP contribution in [0.2, 0.25) is 5.02 Å². The van der Waals surface area contributed by atoms with Gasteiger partial charge in [-0.3, -0.25) is 9.59 Å². The van der Waals surface area contributed by atoms with E-state index in [9.17, 15) is 9.59 Å². The molecule has 1 amide bonds. The second-order valence-electron chi connectivity index (χ2n) is 8.61. The molecule has 1 aromatic carbocycles. The Morgan fingerprint density at radius 2 is 1.87 bits per heavy atom. The second-order valence-corrected chi connectivity index (χ2v) is 9.04. The van der Waals surface area contributed by atoms with Crippen molar-refractivity contribution < 1.29 is 4.79 Å². The van der Waals surface area contributed by atoms with Gasteiger partial charge in [-0.1, -0.05) is 30.9 Å². The van der Waals surface area contributed by atoms with Crippen LogP contribution in [0.3, 0.4) is 0 Å². The topological polar surface area (TPSA) is 65.2 Å². The number of nitrogens with one attached hydrogen (secondary N) is 2. The van der Waals surface area contributed by atoms with Gasteiger partial charge in [0.2, 0.25) is 0 Å². The van der Waals surface area contributed by atoms with E-state index in [1.165, 1.54) is 32.1 Å². The first-order valence-electron chi connectivity index (χ1n) is 10.7. The second kappa shape index (κ2) is 9.69. The number of aryl methyl sites for hydroxylation is 2. The lowest BCUT2D eigenvalue weighted by molar-refractivity contribution is 0.0950. The third kappa shape index (κ3) is 5.25. The predicted molar refractivity (Wildman–Crippen MR) is 124 cm³/mol. The molecule has 3 rings (SSSR count). The molecule has 30 heavy (non-hydrogen) atoms. The molecule has 0 aliphatic heterocycles. The Morgan fingerprint density at radius 3 is 2.53 bits per heavy atom. The SMILES string of the molecule is Cc1cc(C)c(CNC(=O)c2cc(Cl)cc(N(C)CC3CCCCC3)c2C)c(=O)[nH]1. The minimum Gasteiger partial charge on any atom is -0.374 e. The van der Waals surface area contributed by atoms with E-state index < -0.39 is 0 Å². The molecule has 1 heterocycles. The predicted octanol–water partition coefficient (Wildman–Crippen LogP) is 4.90. The number of pyridine rings is 1. The molecular formula is C24H32ClN3O2. The van der Waals surface area contributed by atoms with Crippen molar-refractivity contribution in [2.24, 2.45) is 5.92 Å². The lowest BCUT2D eigenvalue weighted by Gasteiger charge is -2.30. The number of halogens is 1. The highest BCUT2D eigenvalue weighted by atomic mass is 35.5. The Hall–Kier alpha value is -2.27. The van der Waals surface area contributed by atoms with Crippen molar-refractivity contribution in [1.29, 1.82) is 0 Å². The highest BCUT2D eigenvalue weighted by Crippen LogP contribution is 2.30. The van der Waals surface area contributed by atoms with Gasteiger partial charge in [0.1, 0.15) is 0 Å². The summed E-state index contributed by atoms with van der Waals surface area (Å²) in [7, 11) is 2.07. The van der Waals surface area contributed by atoms with Crippen molar-refractivity contribution in [2.45, 2.75) is 59.4 Å². The third-order valence-electron chi connectivity index (χ3n) is 6.18. The standard InChI is InChI=1S/C24H32ClN3O2/c1-15-10-16(2)27-24(30)21(15)13-26-23(29)20-11-19(25)12-22(17(20)3)28(4)14-18-8-6-5-7-9-18/h10-12,18H,5-9,13-14H2,1-4H3,(H,26,29)(H,27,30). The maximum atomic E-state index is 12.9. The number of nitrogens with zero attached hydrogens (tertiary/aromatic N) is 1. The molecule has 0 unspecified atom stereocenters. The molecule has 1 fully saturated rings. The summed E-state index contributed by atoms with van der Waals surface area (Å²) >= 11 is 6.38. The van der Waals surface area contributed by atoms with Crippen LogP contribution in [-0.4, -0.2) is 24.5 Å². The largest absolute Gasteiger partial charge is 0.374 e. The summed E-state index contributed by atoms with van der Waals surface area (Å²) in [5.74, 6) is 0.470. The van der Waals surface area contributed by atoms with Gasteiger partial charge in [-0.15, -0.1) is 0 Å². The monoisotopic (exact) mass is 429 g/mol. The first kappa shape index (κ1) is 22.4. The van der Waals surface area contributed by atoms with Crippen LogP contribution < -0.4 is 15.8 Å². The highest BCUT2D eigenvalue weighted by Gasteiger charge is 2.20. The summed E-state index contributed by atoms with van der Waals surface area (Å²) in [5.41, 5.74) is 4.53. The van der Waals surface area contributed by atoms with Gasteiger partial charge in [0.15, 0.2) is 0 Å². The smallest absolute Gasteiger partial charge is 0.253 e. The van der Waals surface area contributed by atoms with E-state index in [4.69, 9.17) is 11.6 Å². The number of amides is 1. The van der Waals surface area contributed by atoms with Gasteiger partial charge < -0.3 is 15.2 Å². The Balaban J connectivity index is 1.77. The maximum Gasteiger partial charge on any atom is 0.253 e. The minimum atomic E-state index is -0.221. The van der Waals surface area contributed by atoms with Crippen LogP contribution in [0.15, 0.2) is 23.0 Å². The zero-order chi connectivity index (χ0) is 21.8. The number of aromatic amines is 1. The first-order chi connectivity index (χ1) is 14.3. The van der Waals surface area contributed by atoms with Crippen molar-refractivity contribution in [3.63, 3.8) is 0 Å². The molecule has 6 heteroatoms. The minimum absolute atomic E-state index is 0.163. The number of benzene rings is 1. The van der Waals surface area contributed by atoms with Gasteiger partial charge in [-0.25, -0.2) is 0 Å². The zero-order valence-corrected chi connectivity index (χ0v) is 19.2. The number of aromatic nitrogens is 1. The quantitative estimate of drug-likeness (QED) is 0.686. The number of hydrogen-bond acceptors (Lipinski definition) is 3. The van der Waals surface area contributed by atoms with Crippen molar-refractivity contribution in [1.82, 2.24) is 10.3 Å². The van der Waals surface area contributed by atoms with Gasteiger partial charge in [0.05, 0.1) is 0 Å². The van der Waals surface area contributed by atoms with Crippen molar-refractivity contribution in [3.05, 3.63) is 61.5 Å². The molecule has 0 saturated heterocycles. The van der Waals surface area contributed by atoms with E-state index in [1.807, 2.05) is 32.9 Å². The van der Waals surface area contributed by atoms with Crippen molar-refractivity contribution >= 4 is 23.2 Å². The Morgan fingerprint density at radius 1 is 1.17 bits per heavy atom. The molecule has 2 N–H and O–H groups in total. The average Bonchev–Trinajstić information content (AvgIpc) is 2.69. The van der Waals surface area contributed by atoms with Crippen LogP contribution in [0, 0.1) is 26.7 Å². The van der Waals surface area contributed by atoms with Gasteiger partial charge in [0.25, 0.3) is 11.5 Å². The molecular weight excluding hydrogens is 398 g/mol. The van der Waals surface area contributed by atoms with E-state index in [0.717, 1.165) is 29.1 Å². The summed E-state index contributed by atoms with van der Waals surface area (Å²) in [6.45, 7) is 6.84. The molecule has 1 aliphatic rings. The van der Waals surface area contributed by atoms with Crippen molar-refractivity contribution in [3.8, 4) is 0 Å². The normalized spacial score (nSPS) is 14.6. The summed E-state index contributed by atoms with van der Waals surface area (Å²) in [4.78, 5) is 30.2. The summed E-state index contributed by atoms with van der Waals surface area (Å²) in [6.07, 6.45) is 6.48. The molecule has 0 atom stereocenters. The first-order valence-corrected chi connectivity index (χ1v) is 11.1. The summed E-state index contributed by atoms with van der Waals surface area (Å²) < 4.78 is 0. The molecule has 1 aromatic heterocycles. The number of H-pyrrole nitrogens is 1. The van der Waals surface area contributed by atoms with Crippen LogP contribution >= 0.6 is 11.6 Å². The summed E-state index contributed by atoms with van der Waals surface area (Å²) in [6, 6.07) is 5.55. The van der Waals surface area contributed by atoms with E-state index >= 15 is 0 Å². The fourth-order valence-electron chi connectivity index (χ4n) is 4.52.